The second-order valence-corrected chi connectivity index (χ2v) is 7.74. The van der Waals surface area contributed by atoms with Crippen LogP contribution >= 0.6 is 23.2 Å². The molecule has 0 saturated carbocycles. The fourth-order valence-corrected chi connectivity index (χ4v) is 2.90. The molecule has 1 rings (SSSR count). The Balaban J connectivity index is 2.91. The molecule has 0 amide bonds. The average Bonchev–Trinajstić information content (AvgIpc) is 2.23. The molecule has 4 nitrogen and oxygen atoms in total. The zero-order valence-corrected chi connectivity index (χ0v) is 13.2. The van der Waals surface area contributed by atoms with Gasteiger partial charge in [0.15, 0.2) is 5.78 Å². The number of nitrogens with one attached hydrogen (secondary N) is 1. The summed E-state index contributed by atoms with van der Waals surface area (Å²) in [5, 5.41) is 0.435. The Labute approximate surface area is 123 Å². The zero-order valence-electron chi connectivity index (χ0n) is 10.8. The van der Waals surface area contributed by atoms with E-state index in [9.17, 15) is 13.2 Å². The van der Waals surface area contributed by atoms with Crippen molar-refractivity contribution in [2.24, 2.45) is 5.41 Å². The number of Topliss-reactive ketones (excluding diaryl/α,β-unsaturated/α-hetero) is 1. The number of ketones is 1. The van der Waals surface area contributed by atoms with E-state index in [1.165, 1.54) is 18.2 Å². The lowest BCUT2D eigenvalue weighted by atomic mass is 9.91. The van der Waals surface area contributed by atoms with Crippen molar-refractivity contribution in [3.8, 4) is 0 Å². The summed E-state index contributed by atoms with van der Waals surface area (Å²) >= 11 is 11.5. The minimum absolute atomic E-state index is 0.0632. The third kappa shape index (κ3) is 4.76. The molecule has 0 aliphatic rings. The first-order valence-corrected chi connectivity index (χ1v) is 7.75. The van der Waals surface area contributed by atoms with Gasteiger partial charge in [0.2, 0.25) is 10.0 Å². The number of carbonyl (C=O) groups is 1. The van der Waals surface area contributed by atoms with Gasteiger partial charge in [-0.2, -0.15) is 0 Å². The van der Waals surface area contributed by atoms with Gasteiger partial charge in [0, 0.05) is 15.5 Å². The Hall–Kier alpha value is -0.620. The predicted molar refractivity (Wildman–Crippen MR) is 76.1 cm³/mol. The van der Waals surface area contributed by atoms with E-state index in [1.54, 1.807) is 20.8 Å². The molecule has 0 radical (unpaired) electrons. The zero-order chi connectivity index (χ0) is 14.8. The Kier molecular flexibility index (Phi) is 5.01. The Morgan fingerprint density at radius 2 is 1.63 bits per heavy atom. The summed E-state index contributed by atoms with van der Waals surface area (Å²) in [4.78, 5) is 11.6. The summed E-state index contributed by atoms with van der Waals surface area (Å²) < 4.78 is 26.2. The lowest BCUT2D eigenvalue weighted by Gasteiger charge is -2.16. The van der Waals surface area contributed by atoms with Gasteiger partial charge in [-0.05, 0) is 18.2 Å². The van der Waals surface area contributed by atoms with Crippen LogP contribution in [0.5, 0.6) is 0 Å². The van der Waals surface area contributed by atoms with Crippen molar-refractivity contribution >= 4 is 39.0 Å². The van der Waals surface area contributed by atoms with Gasteiger partial charge in [0.25, 0.3) is 0 Å². The fraction of sp³-hybridized carbons (Fsp3) is 0.417. The molecule has 0 aliphatic heterocycles. The van der Waals surface area contributed by atoms with Crippen LogP contribution in [0.2, 0.25) is 10.0 Å². The SMILES string of the molecule is CC(C)(C)C(=O)CNS(=O)(=O)c1cc(Cl)cc(Cl)c1. The Morgan fingerprint density at radius 1 is 1.16 bits per heavy atom. The molecule has 1 N–H and O–H groups in total. The maximum Gasteiger partial charge on any atom is 0.241 e. The first-order valence-electron chi connectivity index (χ1n) is 5.51. The maximum atomic E-state index is 12.0. The highest BCUT2D eigenvalue weighted by Crippen LogP contribution is 2.22. The van der Waals surface area contributed by atoms with Gasteiger partial charge in [0.05, 0.1) is 11.4 Å². The molecule has 0 bridgehead atoms. The lowest BCUT2D eigenvalue weighted by molar-refractivity contribution is -0.125. The molecule has 0 atom stereocenters. The van der Waals surface area contributed by atoms with Crippen LogP contribution in [0, 0.1) is 5.41 Å². The van der Waals surface area contributed by atoms with E-state index >= 15 is 0 Å². The third-order valence-electron chi connectivity index (χ3n) is 2.41. The standard InChI is InChI=1S/C12H15Cl2NO3S/c1-12(2,3)11(16)7-15-19(17,18)10-5-8(13)4-9(14)6-10/h4-6,15H,7H2,1-3H3. The smallest absolute Gasteiger partial charge is 0.241 e. The molecule has 7 heteroatoms. The molecule has 1 aromatic carbocycles. The Bertz CT molecular complexity index is 571. The molecule has 0 aromatic heterocycles. The molecule has 106 valence electrons. The number of rotatable bonds is 4. The molecule has 0 saturated heterocycles. The van der Waals surface area contributed by atoms with Crippen molar-refractivity contribution in [1.82, 2.24) is 4.72 Å². The molecule has 0 aliphatic carbocycles. The van der Waals surface area contributed by atoms with Gasteiger partial charge in [0.1, 0.15) is 0 Å². The van der Waals surface area contributed by atoms with Crippen LogP contribution in [0.3, 0.4) is 0 Å². The van der Waals surface area contributed by atoms with Gasteiger partial charge in [-0.15, -0.1) is 0 Å². The monoisotopic (exact) mass is 323 g/mol. The molecule has 0 heterocycles. The summed E-state index contributed by atoms with van der Waals surface area (Å²) in [6, 6.07) is 3.98. The normalized spacial score (nSPS) is 12.5. The summed E-state index contributed by atoms with van der Waals surface area (Å²) in [6.07, 6.45) is 0. The first-order chi connectivity index (χ1) is 8.52. The molecule has 19 heavy (non-hydrogen) atoms. The van der Waals surface area contributed by atoms with Gasteiger partial charge < -0.3 is 0 Å². The second kappa shape index (κ2) is 5.79. The van der Waals surface area contributed by atoms with Crippen molar-refractivity contribution in [2.45, 2.75) is 25.7 Å². The van der Waals surface area contributed by atoms with Crippen LogP contribution < -0.4 is 4.72 Å². The van der Waals surface area contributed by atoms with E-state index in [0.717, 1.165) is 0 Å². The van der Waals surface area contributed by atoms with Crippen LogP contribution in [0.15, 0.2) is 23.1 Å². The van der Waals surface area contributed by atoms with Crippen molar-refractivity contribution in [1.29, 1.82) is 0 Å². The van der Waals surface area contributed by atoms with Crippen LogP contribution in [-0.2, 0) is 14.8 Å². The molecular formula is C12H15Cl2NO3S. The van der Waals surface area contributed by atoms with Crippen LogP contribution in [0.1, 0.15) is 20.8 Å². The predicted octanol–water partition coefficient (Wildman–Crippen LogP) is 2.89. The van der Waals surface area contributed by atoms with Gasteiger partial charge in [-0.3, -0.25) is 4.79 Å². The van der Waals surface area contributed by atoms with Gasteiger partial charge >= 0.3 is 0 Å². The number of hydrogen-bond acceptors (Lipinski definition) is 3. The second-order valence-electron chi connectivity index (χ2n) is 5.10. The largest absolute Gasteiger partial charge is 0.298 e. The number of benzene rings is 1. The molecular weight excluding hydrogens is 309 g/mol. The third-order valence-corrected chi connectivity index (χ3v) is 4.22. The van der Waals surface area contributed by atoms with Gasteiger partial charge in [-0.1, -0.05) is 44.0 Å². The number of hydrogen-bond donors (Lipinski definition) is 1. The molecule has 0 spiro atoms. The first kappa shape index (κ1) is 16.4. The minimum atomic E-state index is -3.80. The van der Waals surface area contributed by atoms with Crippen molar-refractivity contribution < 1.29 is 13.2 Å². The summed E-state index contributed by atoms with van der Waals surface area (Å²) in [6.45, 7) is 4.90. The molecule has 1 aromatic rings. The van der Waals surface area contributed by atoms with Gasteiger partial charge in [-0.25, -0.2) is 13.1 Å². The van der Waals surface area contributed by atoms with Crippen molar-refractivity contribution in [3.63, 3.8) is 0 Å². The highest BCUT2D eigenvalue weighted by molar-refractivity contribution is 7.89. The fourth-order valence-electron chi connectivity index (χ4n) is 1.19. The van der Waals surface area contributed by atoms with Crippen LogP contribution in [0.4, 0.5) is 0 Å². The topological polar surface area (TPSA) is 63.2 Å². The van der Waals surface area contributed by atoms with E-state index < -0.39 is 15.4 Å². The quantitative estimate of drug-likeness (QED) is 0.926. The van der Waals surface area contributed by atoms with Crippen molar-refractivity contribution in [2.75, 3.05) is 6.54 Å². The highest BCUT2D eigenvalue weighted by atomic mass is 35.5. The molecule has 0 unspecified atom stereocenters. The maximum absolute atomic E-state index is 12.0. The number of carbonyl (C=O) groups excluding carboxylic acids is 1. The van der Waals surface area contributed by atoms with E-state index in [0.29, 0.717) is 0 Å². The summed E-state index contributed by atoms with van der Waals surface area (Å²) in [5.41, 5.74) is -0.603. The Morgan fingerprint density at radius 3 is 2.05 bits per heavy atom. The van der Waals surface area contributed by atoms with Crippen LogP contribution in [-0.4, -0.2) is 20.7 Å². The van der Waals surface area contributed by atoms with E-state index in [1.807, 2.05) is 0 Å². The van der Waals surface area contributed by atoms with E-state index in [4.69, 9.17) is 23.2 Å². The summed E-state index contributed by atoms with van der Waals surface area (Å²) in [5.74, 6) is -0.204. The highest BCUT2D eigenvalue weighted by Gasteiger charge is 2.24. The average molecular weight is 324 g/mol. The lowest BCUT2D eigenvalue weighted by Crippen LogP contribution is -2.35. The van der Waals surface area contributed by atoms with Crippen molar-refractivity contribution in [3.05, 3.63) is 28.2 Å². The van der Waals surface area contributed by atoms with E-state index in [-0.39, 0.29) is 27.3 Å². The van der Waals surface area contributed by atoms with E-state index in [2.05, 4.69) is 4.72 Å². The number of halogens is 2. The number of sulfonamides is 1. The molecule has 0 fully saturated rings. The summed E-state index contributed by atoms with van der Waals surface area (Å²) in [7, 11) is -3.80. The minimum Gasteiger partial charge on any atom is -0.298 e. The van der Waals surface area contributed by atoms with Crippen LogP contribution in [0.25, 0.3) is 0 Å².